The Labute approximate surface area is 140 Å². The van der Waals surface area contributed by atoms with Gasteiger partial charge in [-0.3, -0.25) is 4.79 Å². The molecule has 0 radical (unpaired) electrons. The van der Waals surface area contributed by atoms with Gasteiger partial charge in [-0.1, -0.05) is 6.92 Å². The lowest BCUT2D eigenvalue weighted by atomic mass is 10.3. The van der Waals surface area contributed by atoms with E-state index in [1.807, 2.05) is 0 Å². The molecule has 134 valence electrons. The molecule has 0 aliphatic rings. The van der Waals surface area contributed by atoms with E-state index in [4.69, 9.17) is 18.9 Å². The predicted molar refractivity (Wildman–Crippen MR) is 89.3 cm³/mol. The van der Waals surface area contributed by atoms with Gasteiger partial charge in [-0.15, -0.1) is 11.8 Å². The van der Waals surface area contributed by atoms with E-state index >= 15 is 0 Å². The summed E-state index contributed by atoms with van der Waals surface area (Å²) in [5.74, 6) is 5.62. The van der Waals surface area contributed by atoms with Crippen molar-refractivity contribution in [1.29, 1.82) is 0 Å². The molecule has 0 aliphatic carbocycles. The SMILES string of the molecule is CC#CCCC(=O)NCCOCCOCCOCCOCCC. The Balaban J connectivity index is 3.10. The standard InChI is InChI=1S/C17H31NO5/c1-3-5-6-7-17(19)18-8-10-21-12-14-23-16-15-22-13-11-20-9-4-2/h4,6-16H2,1-2H3,(H,18,19). The lowest BCUT2D eigenvalue weighted by Crippen LogP contribution is -2.27. The first-order chi connectivity index (χ1) is 11.3. The fraction of sp³-hybridized carbons (Fsp3) is 0.824. The van der Waals surface area contributed by atoms with Crippen LogP contribution in [0.5, 0.6) is 0 Å². The molecule has 0 aromatic rings. The third-order valence-electron chi connectivity index (χ3n) is 2.69. The molecule has 0 saturated carbocycles. The first-order valence-corrected chi connectivity index (χ1v) is 8.28. The van der Waals surface area contributed by atoms with E-state index in [1.54, 1.807) is 6.92 Å². The molecule has 0 aromatic heterocycles. The maximum atomic E-state index is 11.4. The Morgan fingerprint density at radius 1 is 0.870 bits per heavy atom. The van der Waals surface area contributed by atoms with E-state index in [0.29, 0.717) is 65.6 Å². The zero-order chi connectivity index (χ0) is 17.0. The summed E-state index contributed by atoms with van der Waals surface area (Å²) < 4.78 is 21.3. The summed E-state index contributed by atoms with van der Waals surface area (Å²) in [4.78, 5) is 11.4. The largest absolute Gasteiger partial charge is 0.379 e. The number of hydrogen-bond donors (Lipinski definition) is 1. The molecule has 0 atom stereocenters. The van der Waals surface area contributed by atoms with E-state index in [1.165, 1.54) is 0 Å². The van der Waals surface area contributed by atoms with Crippen LogP contribution >= 0.6 is 0 Å². The lowest BCUT2D eigenvalue weighted by molar-refractivity contribution is -0.121. The number of nitrogens with one attached hydrogen (secondary N) is 1. The van der Waals surface area contributed by atoms with Crippen LogP contribution in [0.2, 0.25) is 0 Å². The Hall–Kier alpha value is -1.13. The third-order valence-corrected chi connectivity index (χ3v) is 2.69. The minimum absolute atomic E-state index is 0.00710. The highest BCUT2D eigenvalue weighted by molar-refractivity contribution is 5.76. The first-order valence-electron chi connectivity index (χ1n) is 8.28. The number of amides is 1. The second-order valence-electron chi connectivity index (χ2n) is 4.73. The van der Waals surface area contributed by atoms with Crippen LogP contribution in [-0.4, -0.2) is 65.3 Å². The average Bonchev–Trinajstić information content (AvgIpc) is 2.55. The van der Waals surface area contributed by atoms with Crippen molar-refractivity contribution in [3.8, 4) is 11.8 Å². The Bertz CT molecular complexity index is 325. The van der Waals surface area contributed by atoms with Crippen LogP contribution in [0.15, 0.2) is 0 Å². The monoisotopic (exact) mass is 329 g/mol. The van der Waals surface area contributed by atoms with Gasteiger partial charge in [0.1, 0.15) is 0 Å². The minimum Gasteiger partial charge on any atom is -0.379 e. The van der Waals surface area contributed by atoms with Gasteiger partial charge in [0.2, 0.25) is 5.91 Å². The van der Waals surface area contributed by atoms with Crippen LogP contribution in [0.25, 0.3) is 0 Å². The average molecular weight is 329 g/mol. The molecule has 1 N–H and O–H groups in total. The highest BCUT2D eigenvalue weighted by atomic mass is 16.6. The van der Waals surface area contributed by atoms with Crippen molar-refractivity contribution in [1.82, 2.24) is 5.32 Å². The lowest BCUT2D eigenvalue weighted by Gasteiger charge is -2.07. The van der Waals surface area contributed by atoms with E-state index in [0.717, 1.165) is 13.0 Å². The van der Waals surface area contributed by atoms with E-state index in [-0.39, 0.29) is 5.91 Å². The van der Waals surface area contributed by atoms with Crippen molar-refractivity contribution in [2.75, 3.05) is 59.4 Å². The summed E-state index contributed by atoms with van der Waals surface area (Å²) >= 11 is 0. The van der Waals surface area contributed by atoms with Gasteiger partial charge >= 0.3 is 0 Å². The normalized spacial score (nSPS) is 10.2. The highest BCUT2D eigenvalue weighted by Gasteiger charge is 1.98. The molecule has 0 rings (SSSR count). The van der Waals surface area contributed by atoms with Gasteiger partial charge in [-0.25, -0.2) is 0 Å². The number of hydrogen-bond acceptors (Lipinski definition) is 5. The molecule has 0 fully saturated rings. The summed E-state index contributed by atoms with van der Waals surface area (Å²) in [6.45, 7) is 9.00. The minimum atomic E-state index is 0.00710. The fourth-order valence-electron chi connectivity index (χ4n) is 1.56. The zero-order valence-electron chi connectivity index (χ0n) is 14.5. The quantitative estimate of drug-likeness (QED) is 0.342. The fourth-order valence-corrected chi connectivity index (χ4v) is 1.56. The number of carbonyl (C=O) groups is 1. The van der Waals surface area contributed by atoms with Gasteiger partial charge in [-0.2, -0.15) is 0 Å². The molecular formula is C17H31NO5. The topological polar surface area (TPSA) is 66.0 Å². The Morgan fingerprint density at radius 3 is 1.91 bits per heavy atom. The molecule has 0 unspecified atom stereocenters. The molecule has 0 aliphatic heterocycles. The Kier molecular flexibility index (Phi) is 18.0. The highest BCUT2D eigenvalue weighted by Crippen LogP contribution is 1.86. The maximum Gasteiger partial charge on any atom is 0.221 e. The summed E-state index contributed by atoms with van der Waals surface area (Å²) in [6.07, 6.45) is 2.07. The van der Waals surface area contributed by atoms with Gasteiger partial charge in [0.25, 0.3) is 0 Å². The number of carbonyl (C=O) groups excluding carboxylic acids is 1. The second kappa shape index (κ2) is 18.9. The second-order valence-corrected chi connectivity index (χ2v) is 4.73. The van der Waals surface area contributed by atoms with Crippen LogP contribution in [-0.2, 0) is 23.7 Å². The molecule has 0 bridgehead atoms. The van der Waals surface area contributed by atoms with Crippen molar-refractivity contribution in [3.63, 3.8) is 0 Å². The molecule has 6 heteroatoms. The molecule has 0 heterocycles. The number of ether oxygens (including phenoxy) is 4. The summed E-state index contributed by atoms with van der Waals surface area (Å²) in [6, 6.07) is 0. The van der Waals surface area contributed by atoms with Crippen LogP contribution in [0.1, 0.15) is 33.1 Å². The Morgan fingerprint density at radius 2 is 1.39 bits per heavy atom. The van der Waals surface area contributed by atoms with E-state index in [9.17, 15) is 4.79 Å². The summed E-state index contributed by atoms with van der Waals surface area (Å²) in [7, 11) is 0. The van der Waals surface area contributed by atoms with Crippen molar-refractivity contribution in [2.45, 2.75) is 33.1 Å². The predicted octanol–water partition coefficient (Wildman–Crippen LogP) is 1.38. The smallest absolute Gasteiger partial charge is 0.221 e. The van der Waals surface area contributed by atoms with Crippen molar-refractivity contribution >= 4 is 5.91 Å². The van der Waals surface area contributed by atoms with E-state index < -0.39 is 0 Å². The van der Waals surface area contributed by atoms with Crippen molar-refractivity contribution in [3.05, 3.63) is 0 Å². The molecule has 0 spiro atoms. The molecule has 23 heavy (non-hydrogen) atoms. The van der Waals surface area contributed by atoms with Gasteiger partial charge < -0.3 is 24.3 Å². The first kappa shape index (κ1) is 21.9. The summed E-state index contributed by atoms with van der Waals surface area (Å²) in [5.41, 5.74) is 0. The molecular weight excluding hydrogens is 298 g/mol. The van der Waals surface area contributed by atoms with E-state index in [2.05, 4.69) is 24.1 Å². The molecule has 6 nitrogen and oxygen atoms in total. The van der Waals surface area contributed by atoms with Crippen LogP contribution < -0.4 is 5.32 Å². The van der Waals surface area contributed by atoms with Gasteiger partial charge in [0, 0.05) is 26.0 Å². The van der Waals surface area contributed by atoms with Crippen molar-refractivity contribution in [2.24, 2.45) is 0 Å². The molecule has 0 aromatic carbocycles. The van der Waals surface area contributed by atoms with Crippen LogP contribution in [0.4, 0.5) is 0 Å². The van der Waals surface area contributed by atoms with Crippen LogP contribution in [0, 0.1) is 11.8 Å². The molecule has 0 saturated heterocycles. The third kappa shape index (κ3) is 18.8. The molecule has 1 amide bonds. The zero-order valence-corrected chi connectivity index (χ0v) is 14.5. The van der Waals surface area contributed by atoms with Crippen molar-refractivity contribution < 1.29 is 23.7 Å². The van der Waals surface area contributed by atoms with Gasteiger partial charge in [-0.05, 0) is 13.3 Å². The summed E-state index contributed by atoms with van der Waals surface area (Å²) in [5, 5.41) is 2.78. The maximum absolute atomic E-state index is 11.4. The van der Waals surface area contributed by atoms with Gasteiger partial charge in [0.15, 0.2) is 0 Å². The number of rotatable bonds is 16. The van der Waals surface area contributed by atoms with Gasteiger partial charge in [0.05, 0.1) is 46.2 Å². The van der Waals surface area contributed by atoms with Crippen LogP contribution in [0.3, 0.4) is 0 Å².